The zero-order chi connectivity index (χ0) is 22.6. The molecule has 0 aliphatic carbocycles. The van der Waals surface area contributed by atoms with Crippen LogP contribution >= 0.6 is 0 Å². The number of anilines is 5. The fourth-order valence-electron chi connectivity index (χ4n) is 3.81. The number of nitrogen functional groups attached to an aromatic ring is 1. The Morgan fingerprint density at radius 1 is 0.848 bits per heavy atom. The van der Waals surface area contributed by atoms with Crippen LogP contribution in [0.5, 0.6) is 0 Å². The van der Waals surface area contributed by atoms with Gasteiger partial charge in [-0.2, -0.15) is 15.0 Å². The Morgan fingerprint density at radius 2 is 1.61 bits per heavy atom. The van der Waals surface area contributed by atoms with Crippen molar-refractivity contribution in [3.05, 3.63) is 66.2 Å². The molecule has 0 bridgehead atoms. The molecule has 9 heteroatoms. The van der Waals surface area contributed by atoms with Gasteiger partial charge in [0.15, 0.2) is 0 Å². The summed E-state index contributed by atoms with van der Waals surface area (Å²) in [6.45, 7) is 4.26. The molecule has 0 saturated carbocycles. The third kappa shape index (κ3) is 5.09. The first-order valence-corrected chi connectivity index (χ1v) is 11.0. The number of piperazine rings is 1. The van der Waals surface area contributed by atoms with Gasteiger partial charge in [0, 0.05) is 37.6 Å². The standard InChI is InChI=1S/C24H27N9/c1-32-10-12-33(13-11-32)24-30-22(27-20-9-5-8-19(25)15-20)29-23(31-24)28-21-14-18(16-26-21)17-6-3-2-4-7-17/h2-9,14-15H,10-13,16,25H2,1H3,(H2,26,27,28,29,30,31). The number of nitrogens with two attached hydrogens (primary N) is 1. The third-order valence-corrected chi connectivity index (χ3v) is 5.67. The Morgan fingerprint density at radius 3 is 2.36 bits per heavy atom. The highest BCUT2D eigenvalue weighted by molar-refractivity contribution is 6.10. The normalized spacial score (nSPS) is 16.3. The Bertz CT molecular complexity index is 1180. The average Bonchev–Trinajstić information content (AvgIpc) is 3.28. The molecule has 1 saturated heterocycles. The Balaban J connectivity index is 1.41. The van der Waals surface area contributed by atoms with Crippen molar-refractivity contribution in [2.75, 3.05) is 61.0 Å². The molecule has 2 aromatic carbocycles. The Hall–Kier alpha value is -3.98. The number of amidine groups is 1. The van der Waals surface area contributed by atoms with E-state index in [1.54, 1.807) is 0 Å². The van der Waals surface area contributed by atoms with Crippen molar-refractivity contribution in [2.45, 2.75) is 0 Å². The second-order valence-corrected chi connectivity index (χ2v) is 8.19. The van der Waals surface area contributed by atoms with Gasteiger partial charge in [-0.05, 0) is 42.5 Å². The number of benzene rings is 2. The summed E-state index contributed by atoms with van der Waals surface area (Å²) in [7, 11) is 2.12. The number of rotatable bonds is 5. The number of aromatic nitrogens is 3. The minimum atomic E-state index is 0.453. The number of aliphatic imine (C=N–C) groups is 1. The zero-order valence-corrected chi connectivity index (χ0v) is 18.6. The summed E-state index contributed by atoms with van der Waals surface area (Å²) in [6.07, 6.45) is 2.04. The zero-order valence-electron chi connectivity index (χ0n) is 18.6. The Kier molecular flexibility index (Phi) is 5.86. The quantitative estimate of drug-likeness (QED) is 0.519. The molecule has 5 rings (SSSR count). The first-order valence-electron chi connectivity index (χ1n) is 11.0. The predicted octanol–water partition coefficient (Wildman–Crippen LogP) is 2.86. The van der Waals surface area contributed by atoms with Gasteiger partial charge in [0.2, 0.25) is 17.8 Å². The summed E-state index contributed by atoms with van der Waals surface area (Å²) in [5, 5.41) is 6.53. The minimum Gasteiger partial charge on any atom is -0.399 e. The van der Waals surface area contributed by atoms with Crippen molar-refractivity contribution >= 4 is 40.6 Å². The van der Waals surface area contributed by atoms with Crippen LogP contribution in [0.2, 0.25) is 0 Å². The molecule has 0 atom stereocenters. The van der Waals surface area contributed by atoms with Crippen LogP contribution in [-0.2, 0) is 0 Å². The van der Waals surface area contributed by atoms with E-state index in [2.05, 4.69) is 54.6 Å². The highest BCUT2D eigenvalue weighted by Gasteiger charge is 2.20. The van der Waals surface area contributed by atoms with Gasteiger partial charge in [-0.25, -0.2) is 0 Å². The van der Waals surface area contributed by atoms with E-state index in [4.69, 9.17) is 10.7 Å². The van der Waals surface area contributed by atoms with Crippen LogP contribution in [-0.4, -0.2) is 65.5 Å². The SMILES string of the molecule is CN1CCN(c2nc(NC3=NCC(c4ccccc4)=C3)nc(Nc3cccc(N)c3)n2)CC1. The van der Waals surface area contributed by atoms with Crippen molar-refractivity contribution in [3.63, 3.8) is 0 Å². The van der Waals surface area contributed by atoms with Crippen LogP contribution < -0.4 is 21.3 Å². The van der Waals surface area contributed by atoms with Gasteiger partial charge in [-0.3, -0.25) is 4.99 Å². The van der Waals surface area contributed by atoms with Crippen LogP contribution in [0.3, 0.4) is 0 Å². The second-order valence-electron chi connectivity index (χ2n) is 8.19. The lowest BCUT2D eigenvalue weighted by Gasteiger charge is -2.32. The second kappa shape index (κ2) is 9.25. The topological polar surface area (TPSA) is 108 Å². The van der Waals surface area contributed by atoms with Crippen molar-refractivity contribution in [1.82, 2.24) is 19.9 Å². The molecule has 0 unspecified atom stereocenters. The lowest BCUT2D eigenvalue weighted by Crippen LogP contribution is -2.45. The minimum absolute atomic E-state index is 0.453. The largest absolute Gasteiger partial charge is 0.399 e. The van der Waals surface area contributed by atoms with E-state index in [1.807, 2.05) is 48.5 Å². The van der Waals surface area contributed by atoms with E-state index in [0.717, 1.165) is 48.8 Å². The predicted molar refractivity (Wildman–Crippen MR) is 134 cm³/mol. The number of likely N-dealkylation sites (N-methyl/N-ethyl adjacent to an activating group) is 1. The van der Waals surface area contributed by atoms with Gasteiger partial charge in [0.05, 0.1) is 6.54 Å². The maximum absolute atomic E-state index is 5.93. The molecule has 2 aliphatic heterocycles. The molecule has 0 radical (unpaired) electrons. The summed E-state index contributed by atoms with van der Waals surface area (Å²) in [5.41, 5.74) is 9.74. The molecular formula is C24H27N9. The molecule has 9 nitrogen and oxygen atoms in total. The van der Waals surface area contributed by atoms with E-state index in [1.165, 1.54) is 0 Å². The molecule has 0 amide bonds. The van der Waals surface area contributed by atoms with Crippen LogP contribution in [0.15, 0.2) is 65.7 Å². The monoisotopic (exact) mass is 441 g/mol. The lowest BCUT2D eigenvalue weighted by molar-refractivity contribution is 0.311. The van der Waals surface area contributed by atoms with Gasteiger partial charge < -0.3 is 26.2 Å². The average molecular weight is 442 g/mol. The number of nitrogens with one attached hydrogen (secondary N) is 2. The number of hydrogen-bond donors (Lipinski definition) is 3. The van der Waals surface area contributed by atoms with Gasteiger partial charge in [0.25, 0.3) is 0 Å². The van der Waals surface area contributed by atoms with Gasteiger partial charge in [-0.1, -0.05) is 36.4 Å². The van der Waals surface area contributed by atoms with Crippen LogP contribution in [0.1, 0.15) is 5.56 Å². The fourth-order valence-corrected chi connectivity index (χ4v) is 3.81. The lowest BCUT2D eigenvalue weighted by atomic mass is 10.1. The summed E-state index contributed by atoms with van der Waals surface area (Å²) >= 11 is 0. The van der Waals surface area contributed by atoms with Crippen molar-refractivity contribution < 1.29 is 0 Å². The number of hydrogen-bond acceptors (Lipinski definition) is 9. The summed E-state index contributed by atoms with van der Waals surface area (Å²) in [6, 6.07) is 17.8. The summed E-state index contributed by atoms with van der Waals surface area (Å²) in [4.78, 5) is 23.1. The number of nitrogens with zero attached hydrogens (tertiary/aromatic N) is 6. The maximum atomic E-state index is 5.93. The van der Waals surface area contributed by atoms with Crippen molar-refractivity contribution in [3.8, 4) is 0 Å². The van der Waals surface area contributed by atoms with Crippen molar-refractivity contribution in [1.29, 1.82) is 0 Å². The van der Waals surface area contributed by atoms with E-state index in [9.17, 15) is 0 Å². The molecule has 33 heavy (non-hydrogen) atoms. The molecular weight excluding hydrogens is 414 g/mol. The summed E-state index contributed by atoms with van der Waals surface area (Å²) in [5.74, 6) is 2.28. The molecule has 0 spiro atoms. The maximum Gasteiger partial charge on any atom is 0.235 e. The van der Waals surface area contributed by atoms with Crippen LogP contribution in [0.25, 0.3) is 5.57 Å². The van der Waals surface area contributed by atoms with Gasteiger partial charge in [0.1, 0.15) is 5.84 Å². The molecule has 4 N–H and O–H groups in total. The van der Waals surface area contributed by atoms with Crippen LogP contribution in [0, 0.1) is 0 Å². The van der Waals surface area contributed by atoms with Crippen molar-refractivity contribution in [2.24, 2.45) is 4.99 Å². The molecule has 168 valence electrons. The van der Waals surface area contributed by atoms with E-state index in [-0.39, 0.29) is 0 Å². The Labute approximate surface area is 193 Å². The van der Waals surface area contributed by atoms with E-state index >= 15 is 0 Å². The van der Waals surface area contributed by atoms with E-state index < -0.39 is 0 Å². The summed E-state index contributed by atoms with van der Waals surface area (Å²) < 4.78 is 0. The molecule has 3 heterocycles. The molecule has 1 aromatic heterocycles. The first kappa shape index (κ1) is 20.9. The smallest absolute Gasteiger partial charge is 0.235 e. The van der Waals surface area contributed by atoms with Gasteiger partial charge in [-0.15, -0.1) is 0 Å². The third-order valence-electron chi connectivity index (χ3n) is 5.67. The molecule has 1 fully saturated rings. The highest BCUT2D eigenvalue weighted by atomic mass is 15.4. The van der Waals surface area contributed by atoms with Gasteiger partial charge >= 0.3 is 0 Å². The first-order chi connectivity index (χ1) is 16.1. The molecule has 3 aromatic rings. The highest BCUT2D eigenvalue weighted by Crippen LogP contribution is 2.22. The molecule has 2 aliphatic rings. The van der Waals surface area contributed by atoms with E-state index in [0.29, 0.717) is 30.1 Å². The van der Waals surface area contributed by atoms with Crippen LogP contribution in [0.4, 0.5) is 29.2 Å². The fraction of sp³-hybridized carbons (Fsp3) is 0.250.